The third-order valence-corrected chi connectivity index (χ3v) is 2.81. The summed E-state index contributed by atoms with van der Waals surface area (Å²) in [5.74, 6) is -0.359. The molecule has 96 valence electrons. The third kappa shape index (κ3) is 5.00. The lowest BCUT2D eigenvalue weighted by molar-refractivity contribution is 0.174. The molecule has 17 heavy (non-hydrogen) atoms. The van der Waals surface area contributed by atoms with Crippen LogP contribution in [-0.2, 0) is 6.54 Å². The standard InChI is InChI=1S/C12H17ClFNO2/c13-12-8-11(14)3-2-10(12)9-15(5-7-17)4-1-6-16/h2-3,8,16-17H,1,4-7,9H2. The number of aliphatic hydroxyl groups excluding tert-OH is 2. The molecule has 1 rings (SSSR count). The van der Waals surface area contributed by atoms with Crippen molar-refractivity contribution in [1.82, 2.24) is 4.90 Å². The normalized spacial score (nSPS) is 11.1. The maximum Gasteiger partial charge on any atom is 0.124 e. The van der Waals surface area contributed by atoms with Crippen LogP contribution in [0.5, 0.6) is 0 Å². The molecule has 0 radical (unpaired) electrons. The van der Waals surface area contributed by atoms with Gasteiger partial charge in [-0.1, -0.05) is 17.7 Å². The lowest BCUT2D eigenvalue weighted by Gasteiger charge is -2.21. The van der Waals surface area contributed by atoms with Gasteiger partial charge in [0.1, 0.15) is 5.82 Å². The van der Waals surface area contributed by atoms with E-state index in [2.05, 4.69) is 0 Å². The van der Waals surface area contributed by atoms with E-state index in [0.29, 0.717) is 31.1 Å². The lowest BCUT2D eigenvalue weighted by Crippen LogP contribution is -2.28. The molecule has 0 aliphatic carbocycles. The van der Waals surface area contributed by atoms with Gasteiger partial charge in [0.25, 0.3) is 0 Å². The van der Waals surface area contributed by atoms with Crippen molar-refractivity contribution in [1.29, 1.82) is 0 Å². The third-order valence-electron chi connectivity index (χ3n) is 2.46. The van der Waals surface area contributed by atoms with E-state index in [1.807, 2.05) is 4.90 Å². The van der Waals surface area contributed by atoms with Gasteiger partial charge >= 0.3 is 0 Å². The first-order chi connectivity index (χ1) is 8.17. The number of halogens is 2. The SMILES string of the molecule is OCCCN(CCO)Cc1ccc(F)cc1Cl. The molecule has 1 aromatic rings. The van der Waals surface area contributed by atoms with Gasteiger partial charge in [-0.05, 0) is 24.1 Å². The van der Waals surface area contributed by atoms with Crippen molar-refractivity contribution >= 4 is 11.6 Å². The van der Waals surface area contributed by atoms with E-state index in [1.165, 1.54) is 12.1 Å². The average Bonchev–Trinajstić information content (AvgIpc) is 2.29. The highest BCUT2D eigenvalue weighted by atomic mass is 35.5. The molecule has 0 bridgehead atoms. The Bertz CT molecular complexity index is 349. The second kappa shape index (κ2) is 7.61. The summed E-state index contributed by atoms with van der Waals surface area (Å²) in [6.45, 7) is 1.88. The van der Waals surface area contributed by atoms with Crippen molar-refractivity contribution in [3.63, 3.8) is 0 Å². The number of hydrogen-bond donors (Lipinski definition) is 2. The molecule has 0 unspecified atom stereocenters. The van der Waals surface area contributed by atoms with Gasteiger partial charge in [-0.15, -0.1) is 0 Å². The Hall–Kier alpha value is -0.680. The van der Waals surface area contributed by atoms with Gasteiger partial charge in [-0.2, -0.15) is 0 Å². The molecule has 0 aliphatic heterocycles. The van der Waals surface area contributed by atoms with Gasteiger partial charge in [0.2, 0.25) is 0 Å². The Kier molecular flexibility index (Phi) is 6.44. The predicted octanol–water partition coefficient (Wildman–Crippen LogP) is 1.66. The minimum absolute atomic E-state index is 0.0459. The molecule has 0 amide bonds. The summed E-state index contributed by atoms with van der Waals surface area (Å²) in [5, 5.41) is 18.1. The zero-order chi connectivity index (χ0) is 12.7. The van der Waals surface area contributed by atoms with Crippen LogP contribution in [0.3, 0.4) is 0 Å². The van der Waals surface area contributed by atoms with Crippen molar-refractivity contribution < 1.29 is 14.6 Å². The molecule has 3 nitrogen and oxygen atoms in total. The van der Waals surface area contributed by atoms with Gasteiger partial charge < -0.3 is 10.2 Å². The van der Waals surface area contributed by atoms with Crippen LogP contribution >= 0.6 is 11.6 Å². The monoisotopic (exact) mass is 261 g/mol. The highest BCUT2D eigenvalue weighted by Crippen LogP contribution is 2.19. The van der Waals surface area contributed by atoms with Crippen molar-refractivity contribution in [2.24, 2.45) is 0 Å². The maximum absolute atomic E-state index is 12.9. The molecule has 0 spiro atoms. The van der Waals surface area contributed by atoms with E-state index in [4.69, 9.17) is 21.8 Å². The Morgan fingerprint density at radius 2 is 1.94 bits per heavy atom. The van der Waals surface area contributed by atoms with Gasteiger partial charge in [-0.25, -0.2) is 4.39 Å². The van der Waals surface area contributed by atoms with E-state index in [-0.39, 0.29) is 19.0 Å². The topological polar surface area (TPSA) is 43.7 Å². The summed E-state index contributed by atoms with van der Waals surface area (Å²) in [5.41, 5.74) is 0.819. The maximum atomic E-state index is 12.9. The lowest BCUT2D eigenvalue weighted by atomic mass is 10.2. The summed E-state index contributed by atoms with van der Waals surface area (Å²) in [6, 6.07) is 4.28. The summed E-state index contributed by atoms with van der Waals surface area (Å²) in [4.78, 5) is 1.97. The largest absolute Gasteiger partial charge is 0.396 e. The van der Waals surface area contributed by atoms with E-state index >= 15 is 0 Å². The van der Waals surface area contributed by atoms with Crippen LogP contribution in [0.25, 0.3) is 0 Å². The number of aliphatic hydroxyl groups is 2. The molecule has 0 fully saturated rings. The number of hydrogen-bond acceptors (Lipinski definition) is 3. The fourth-order valence-corrected chi connectivity index (χ4v) is 1.82. The molecule has 0 saturated carbocycles. The van der Waals surface area contributed by atoms with Crippen LogP contribution in [0.1, 0.15) is 12.0 Å². The smallest absolute Gasteiger partial charge is 0.124 e. The van der Waals surface area contributed by atoms with Crippen LogP contribution in [0.4, 0.5) is 4.39 Å². The molecular weight excluding hydrogens is 245 g/mol. The van der Waals surface area contributed by atoms with E-state index in [1.54, 1.807) is 6.07 Å². The van der Waals surface area contributed by atoms with Crippen LogP contribution in [0.15, 0.2) is 18.2 Å². The highest BCUT2D eigenvalue weighted by Gasteiger charge is 2.08. The molecule has 0 saturated heterocycles. The van der Waals surface area contributed by atoms with Gasteiger partial charge in [-0.3, -0.25) is 4.90 Å². The Morgan fingerprint density at radius 1 is 1.18 bits per heavy atom. The number of rotatable bonds is 7. The molecule has 5 heteroatoms. The number of nitrogens with zero attached hydrogens (tertiary/aromatic N) is 1. The van der Waals surface area contributed by atoms with Crippen molar-refractivity contribution in [2.45, 2.75) is 13.0 Å². The van der Waals surface area contributed by atoms with Crippen LogP contribution in [-0.4, -0.2) is 41.4 Å². The summed E-state index contributed by atoms with van der Waals surface area (Å²) >= 11 is 5.93. The number of benzene rings is 1. The Morgan fingerprint density at radius 3 is 2.53 bits per heavy atom. The first-order valence-corrected chi connectivity index (χ1v) is 5.93. The van der Waals surface area contributed by atoms with Gasteiger partial charge in [0, 0.05) is 31.3 Å². The van der Waals surface area contributed by atoms with Gasteiger partial charge in [0.05, 0.1) is 6.61 Å². The van der Waals surface area contributed by atoms with Crippen molar-refractivity contribution in [2.75, 3.05) is 26.3 Å². The molecular formula is C12H17ClFNO2. The summed E-state index contributed by atoms with van der Waals surface area (Å²) in [7, 11) is 0. The van der Waals surface area contributed by atoms with Crippen LogP contribution in [0, 0.1) is 5.82 Å². The highest BCUT2D eigenvalue weighted by molar-refractivity contribution is 6.31. The summed E-state index contributed by atoms with van der Waals surface area (Å²) < 4.78 is 12.9. The van der Waals surface area contributed by atoms with Crippen LogP contribution < -0.4 is 0 Å². The fraction of sp³-hybridized carbons (Fsp3) is 0.500. The first kappa shape index (κ1) is 14.4. The van der Waals surface area contributed by atoms with Crippen LogP contribution in [0.2, 0.25) is 5.02 Å². The second-order valence-electron chi connectivity index (χ2n) is 3.81. The second-order valence-corrected chi connectivity index (χ2v) is 4.22. The molecule has 2 N–H and O–H groups in total. The predicted molar refractivity (Wildman–Crippen MR) is 65.5 cm³/mol. The molecule has 0 aliphatic rings. The first-order valence-electron chi connectivity index (χ1n) is 5.55. The quantitative estimate of drug-likeness (QED) is 0.785. The summed E-state index contributed by atoms with van der Waals surface area (Å²) in [6.07, 6.45) is 0.638. The molecule has 0 heterocycles. The Balaban J connectivity index is 2.64. The van der Waals surface area contributed by atoms with Gasteiger partial charge in [0.15, 0.2) is 0 Å². The average molecular weight is 262 g/mol. The Labute approximate surface area is 105 Å². The van der Waals surface area contributed by atoms with E-state index in [0.717, 1.165) is 5.56 Å². The zero-order valence-corrected chi connectivity index (χ0v) is 10.3. The minimum Gasteiger partial charge on any atom is -0.396 e. The molecule has 0 aromatic heterocycles. The van der Waals surface area contributed by atoms with E-state index < -0.39 is 0 Å². The zero-order valence-electron chi connectivity index (χ0n) is 9.57. The van der Waals surface area contributed by atoms with Crippen molar-refractivity contribution in [3.8, 4) is 0 Å². The molecule has 0 atom stereocenters. The fourth-order valence-electron chi connectivity index (χ4n) is 1.60. The molecule has 1 aromatic carbocycles. The minimum atomic E-state index is -0.359. The van der Waals surface area contributed by atoms with E-state index in [9.17, 15) is 4.39 Å². The van der Waals surface area contributed by atoms with Crippen molar-refractivity contribution in [3.05, 3.63) is 34.6 Å².